The van der Waals surface area contributed by atoms with Gasteiger partial charge in [0.1, 0.15) is 6.04 Å². The Morgan fingerprint density at radius 1 is 1.14 bits per heavy atom. The number of thiazole rings is 1. The number of guanidine groups is 1. The highest BCUT2D eigenvalue weighted by Gasteiger charge is 2.38. The van der Waals surface area contributed by atoms with E-state index in [1.807, 2.05) is 18.2 Å². The number of rotatable bonds is 5. The Hall–Kier alpha value is -3.57. The van der Waals surface area contributed by atoms with Crippen LogP contribution in [0.5, 0.6) is 0 Å². The summed E-state index contributed by atoms with van der Waals surface area (Å²) in [6.07, 6.45) is 1.26. The number of nitrogens with one attached hydrogen (secondary N) is 1. The molecule has 3 heterocycles. The molecule has 0 radical (unpaired) electrons. The van der Waals surface area contributed by atoms with Crippen LogP contribution < -0.4 is 5.73 Å². The van der Waals surface area contributed by atoms with Gasteiger partial charge in [-0.3, -0.25) is 15.0 Å². The number of hydrogen-bond acceptors (Lipinski definition) is 6. The monoisotopic (exact) mass is 581 g/mol. The van der Waals surface area contributed by atoms with Crippen molar-refractivity contribution in [1.82, 2.24) is 14.8 Å². The van der Waals surface area contributed by atoms with Gasteiger partial charge in [0.25, 0.3) is 5.91 Å². The number of hydrogen-bond donors (Lipinski definition) is 3. The molecular formula is C26H24BrN5O4S. The second-order valence-electron chi connectivity index (χ2n) is 9.05. The predicted molar refractivity (Wildman–Crippen MR) is 142 cm³/mol. The van der Waals surface area contributed by atoms with Gasteiger partial charge < -0.3 is 20.6 Å². The first-order valence-corrected chi connectivity index (χ1v) is 13.3. The average Bonchev–Trinajstić information content (AvgIpc) is 3.31. The number of aromatic carboxylic acids is 1. The molecule has 37 heavy (non-hydrogen) atoms. The Morgan fingerprint density at radius 3 is 2.59 bits per heavy atom. The summed E-state index contributed by atoms with van der Waals surface area (Å²) >= 11 is 4.88. The molecule has 5 rings (SSSR count). The highest BCUT2D eigenvalue weighted by atomic mass is 79.9. The first-order valence-electron chi connectivity index (χ1n) is 11.7. The third kappa shape index (κ3) is 4.88. The molecule has 190 valence electrons. The van der Waals surface area contributed by atoms with Crippen LogP contribution in [0, 0.1) is 5.41 Å². The number of carboxylic acids is 1. The van der Waals surface area contributed by atoms with E-state index in [-0.39, 0.29) is 29.6 Å². The van der Waals surface area contributed by atoms with Crippen molar-refractivity contribution in [1.29, 1.82) is 5.41 Å². The predicted octanol–water partition coefficient (Wildman–Crippen LogP) is 3.41. The van der Waals surface area contributed by atoms with Crippen molar-refractivity contribution in [2.45, 2.75) is 31.8 Å². The number of fused-ring (bicyclic) bond motifs is 2. The van der Waals surface area contributed by atoms with Crippen LogP contribution in [0.1, 0.15) is 53.5 Å². The molecule has 1 atom stereocenters. The third-order valence-corrected chi connectivity index (χ3v) is 8.58. The van der Waals surface area contributed by atoms with Crippen molar-refractivity contribution in [2.75, 3.05) is 13.1 Å². The van der Waals surface area contributed by atoms with Gasteiger partial charge in [-0.25, -0.2) is 9.78 Å². The van der Waals surface area contributed by atoms with Gasteiger partial charge in [-0.05, 0) is 41.3 Å². The number of nitrogens with zero attached hydrogens (tertiary/aromatic N) is 3. The molecule has 0 aliphatic carbocycles. The van der Waals surface area contributed by atoms with Crippen molar-refractivity contribution >= 4 is 50.9 Å². The molecule has 0 fully saturated rings. The lowest BCUT2D eigenvalue weighted by Gasteiger charge is -2.36. The molecule has 0 saturated carbocycles. The van der Waals surface area contributed by atoms with Crippen molar-refractivity contribution in [2.24, 2.45) is 5.73 Å². The second kappa shape index (κ2) is 10.1. The number of Topliss-reactive ketones (excluding diaryl/α,β-unsaturated/α-hetero) is 1. The molecule has 2 aliphatic heterocycles. The van der Waals surface area contributed by atoms with Crippen LogP contribution in [0.2, 0.25) is 0 Å². The summed E-state index contributed by atoms with van der Waals surface area (Å²) in [5, 5.41) is 17.2. The number of ketones is 1. The van der Waals surface area contributed by atoms with Gasteiger partial charge in [-0.1, -0.05) is 40.2 Å². The molecule has 1 amide bonds. The zero-order valence-electron chi connectivity index (χ0n) is 19.7. The minimum absolute atomic E-state index is 0.00723. The van der Waals surface area contributed by atoms with E-state index in [1.165, 1.54) is 23.5 Å². The number of carbonyl (C=O) groups is 3. The van der Waals surface area contributed by atoms with E-state index < -0.39 is 12.0 Å². The van der Waals surface area contributed by atoms with E-state index in [1.54, 1.807) is 21.9 Å². The second-order valence-corrected chi connectivity index (χ2v) is 11.0. The van der Waals surface area contributed by atoms with Crippen LogP contribution in [0.4, 0.5) is 0 Å². The lowest BCUT2D eigenvalue weighted by molar-refractivity contribution is -0.123. The van der Waals surface area contributed by atoms with Gasteiger partial charge in [-0.15, -0.1) is 11.3 Å². The number of amides is 1. The maximum absolute atomic E-state index is 13.8. The number of nitrogens with two attached hydrogens (primary N) is 1. The lowest BCUT2D eigenvalue weighted by atomic mass is 9.88. The molecule has 0 bridgehead atoms. The van der Waals surface area contributed by atoms with E-state index in [4.69, 9.17) is 16.2 Å². The van der Waals surface area contributed by atoms with Crippen LogP contribution in [-0.2, 0) is 30.6 Å². The fraction of sp³-hybridized carbons (Fsp3) is 0.269. The van der Waals surface area contributed by atoms with Crippen LogP contribution in [0.15, 0.2) is 46.9 Å². The molecule has 0 saturated heterocycles. The quantitative estimate of drug-likeness (QED) is 0.309. The molecule has 1 unspecified atom stereocenters. The molecule has 2 aliphatic rings. The highest BCUT2D eigenvalue weighted by Crippen LogP contribution is 2.37. The van der Waals surface area contributed by atoms with Gasteiger partial charge in [0, 0.05) is 35.3 Å². The molecule has 2 aromatic carbocycles. The van der Waals surface area contributed by atoms with E-state index in [0.717, 1.165) is 26.2 Å². The SMILES string of the molecule is N=C(N)N1CCc2nc(C(=O)N3CCc4c(Br)cccc4C3C(=O)Cc3ccc(C(=O)O)cc3)sc2C1. The first-order chi connectivity index (χ1) is 17.7. The molecule has 11 heteroatoms. The minimum Gasteiger partial charge on any atom is -0.478 e. The number of halogens is 1. The zero-order chi connectivity index (χ0) is 26.3. The van der Waals surface area contributed by atoms with E-state index >= 15 is 0 Å². The minimum atomic E-state index is -1.03. The zero-order valence-corrected chi connectivity index (χ0v) is 22.1. The summed E-state index contributed by atoms with van der Waals surface area (Å²) in [5.41, 5.74) is 9.10. The van der Waals surface area contributed by atoms with Crippen molar-refractivity contribution in [3.8, 4) is 0 Å². The van der Waals surface area contributed by atoms with Crippen LogP contribution in [0.3, 0.4) is 0 Å². The molecule has 0 spiro atoms. The first kappa shape index (κ1) is 25.1. The number of benzene rings is 2. The molecule has 9 nitrogen and oxygen atoms in total. The Balaban J connectivity index is 1.46. The van der Waals surface area contributed by atoms with Crippen molar-refractivity contribution < 1.29 is 19.5 Å². The Bertz CT molecular complexity index is 1420. The third-order valence-electron chi connectivity index (χ3n) is 6.76. The van der Waals surface area contributed by atoms with Gasteiger partial charge in [0.15, 0.2) is 16.8 Å². The van der Waals surface area contributed by atoms with E-state index in [2.05, 4.69) is 20.9 Å². The molecule has 1 aromatic heterocycles. The van der Waals surface area contributed by atoms with Gasteiger partial charge in [-0.2, -0.15) is 0 Å². The number of carboxylic acid groups (broad SMARTS) is 1. The standard InChI is InChI=1S/C26H24BrN5O4S/c27-18-3-1-2-17-16(18)8-11-32(22(17)20(33)12-14-4-6-15(7-5-14)25(35)36)24(34)23-30-19-9-10-31(26(28)29)13-21(19)37-23/h1-7,22H,8-13H2,(H3,28,29)(H,35,36). The van der Waals surface area contributed by atoms with E-state index in [9.17, 15) is 14.4 Å². The van der Waals surface area contributed by atoms with E-state index in [0.29, 0.717) is 43.0 Å². The maximum Gasteiger partial charge on any atom is 0.335 e. The molecular weight excluding hydrogens is 558 g/mol. The Morgan fingerprint density at radius 2 is 1.89 bits per heavy atom. The fourth-order valence-corrected chi connectivity index (χ4v) is 6.53. The van der Waals surface area contributed by atoms with Gasteiger partial charge >= 0.3 is 5.97 Å². The molecule has 4 N–H and O–H groups in total. The lowest BCUT2D eigenvalue weighted by Crippen LogP contribution is -2.44. The van der Waals surface area contributed by atoms with Gasteiger partial charge in [0.2, 0.25) is 0 Å². The normalized spacial score (nSPS) is 16.6. The largest absolute Gasteiger partial charge is 0.478 e. The van der Waals surface area contributed by atoms with Crippen LogP contribution in [-0.4, -0.2) is 56.6 Å². The highest BCUT2D eigenvalue weighted by molar-refractivity contribution is 9.10. The summed E-state index contributed by atoms with van der Waals surface area (Å²) in [4.78, 5) is 47.6. The number of aromatic nitrogens is 1. The summed E-state index contributed by atoms with van der Waals surface area (Å²) in [6, 6.07) is 11.1. The summed E-state index contributed by atoms with van der Waals surface area (Å²) in [6.45, 7) is 1.39. The van der Waals surface area contributed by atoms with Crippen molar-refractivity contribution in [3.63, 3.8) is 0 Å². The van der Waals surface area contributed by atoms with Crippen LogP contribution in [0.25, 0.3) is 0 Å². The van der Waals surface area contributed by atoms with Crippen LogP contribution >= 0.6 is 27.3 Å². The van der Waals surface area contributed by atoms with Gasteiger partial charge in [0.05, 0.1) is 17.8 Å². The topological polar surface area (TPSA) is 141 Å². The Kier molecular flexibility index (Phi) is 6.82. The smallest absolute Gasteiger partial charge is 0.335 e. The van der Waals surface area contributed by atoms with Crippen molar-refractivity contribution in [3.05, 3.63) is 84.8 Å². The fourth-order valence-electron chi connectivity index (χ4n) is 4.87. The summed E-state index contributed by atoms with van der Waals surface area (Å²) in [5.74, 6) is -1.48. The maximum atomic E-state index is 13.8. The molecule has 3 aromatic rings. The number of carbonyl (C=O) groups excluding carboxylic acids is 2. The summed E-state index contributed by atoms with van der Waals surface area (Å²) in [7, 11) is 0. The summed E-state index contributed by atoms with van der Waals surface area (Å²) < 4.78 is 0.898. The Labute approximate surface area is 225 Å². The average molecular weight is 582 g/mol.